The van der Waals surface area contributed by atoms with Crippen molar-refractivity contribution in [2.24, 2.45) is 0 Å². The maximum atomic E-state index is 12.4. The van der Waals surface area contributed by atoms with E-state index in [1.54, 1.807) is 30.3 Å². The van der Waals surface area contributed by atoms with E-state index in [1.165, 1.54) is 13.0 Å². The second kappa shape index (κ2) is 17.2. The molecule has 1 heterocycles. The zero-order valence-electron chi connectivity index (χ0n) is 23.7. The number of hydrogen-bond acceptors (Lipinski definition) is 10. The zero-order chi connectivity index (χ0) is 30.3. The van der Waals surface area contributed by atoms with Gasteiger partial charge in [0.25, 0.3) is 5.56 Å². The smallest absolute Gasteiger partial charge is 0.328 e. The summed E-state index contributed by atoms with van der Waals surface area (Å²) in [5.74, 6) is -0.852. The van der Waals surface area contributed by atoms with Crippen molar-refractivity contribution in [3.05, 3.63) is 80.0 Å². The molecule has 12 heteroatoms. The number of aromatic amines is 2. The Kier molecular flexibility index (Phi) is 13.4. The number of carbonyl (C=O) groups is 1. The van der Waals surface area contributed by atoms with E-state index in [1.807, 2.05) is 6.07 Å². The standard InChI is InChI=1S/C30H39N3O9/c1-20(35)42-29-27(28(38)32-30(39)33-29)23-8-6-7-21(15-23)19-41-14-13-40-12-5-3-2-4-11-31-17-26(37)22-9-10-25(36)24(16-22)18-34/h6-10,15-16,26,31,34,36-37H,2-5,11-14,17-19H2,1H3,(H2,32,33,38,39)/t26-/m0/s1. The van der Waals surface area contributed by atoms with Crippen LogP contribution in [0.25, 0.3) is 11.1 Å². The summed E-state index contributed by atoms with van der Waals surface area (Å²) in [6, 6.07) is 11.7. The minimum absolute atomic E-state index is 0.0155. The summed E-state index contributed by atoms with van der Waals surface area (Å²) >= 11 is 0. The fourth-order valence-electron chi connectivity index (χ4n) is 4.28. The van der Waals surface area contributed by atoms with Gasteiger partial charge in [-0.1, -0.05) is 37.1 Å². The molecule has 0 radical (unpaired) electrons. The van der Waals surface area contributed by atoms with Gasteiger partial charge in [0.2, 0.25) is 5.88 Å². The molecule has 0 fully saturated rings. The SMILES string of the molecule is CC(=O)Oc1[nH]c(=O)[nH]c(=O)c1-c1cccc(COCCOCCCCCCNC[C@H](O)c2ccc(O)c(CO)c2)c1. The average molecular weight is 586 g/mol. The van der Waals surface area contributed by atoms with E-state index in [9.17, 15) is 29.7 Å². The molecule has 1 aromatic heterocycles. The van der Waals surface area contributed by atoms with Gasteiger partial charge in [0, 0.05) is 25.6 Å². The first kappa shape index (κ1) is 32.7. The number of hydrogen-bond donors (Lipinski definition) is 6. The molecule has 0 spiro atoms. The maximum Gasteiger partial charge on any atom is 0.328 e. The number of H-pyrrole nitrogens is 2. The number of ether oxygens (including phenoxy) is 3. The molecule has 6 N–H and O–H groups in total. The Balaban J connectivity index is 1.26. The van der Waals surface area contributed by atoms with Crippen LogP contribution in [0.2, 0.25) is 0 Å². The van der Waals surface area contributed by atoms with Crippen molar-refractivity contribution >= 4 is 5.97 Å². The highest BCUT2D eigenvalue weighted by Gasteiger charge is 2.15. The summed E-state index contributed by atoms with van der Waals surface area (Å²) in [5, 5.41) is 32.4. The Morgan fingerprint density at radius 2 is 1.76 bits per heavy atom. The molecular weight excluding hydrogens is 546 g/mol. The molecule has 0 aliphatic carbocycles. The summed E-state index contributed by atoms with van der Waals surface area (Å²) < 4.78 is 16.4. The monoisotopic (exact) mass is 585 g/mol. The highest BCUT2D eigenvalue weighted by Crippen LogP contribution is 2.25. The van der Waals surface area contributed by atoms with Gasteiger partial charge in [0.05, 0.1) is 32.5 Å². The van der Waals surface area contributed by atoms with Crippen LogP contribution in [-0.4, -0.2) is 64.2 Å². The lowest BCUT2D eigenvalue weighted by Crippen LogP contribution is -2.25. The Hall–Kier alpha value is -3.81. The Morgan fingerprint density at radius 1 is 0.976 bits per heavy atom. The van der Waals surface area contributed by atoms with Crippen LogP contribution in [0, 0.1) is 0 Å². The lowest BCUT2D eigenvalue weighted by Gasteiger charge is -2.14. The van der Waals surface area contributed by atoms with Gasteiger partial charge in [-0.25, -0.2) is 4.79 Å². The van der Waals surface area contributed by atoms with Gasteiger partial charge in [-0.3, -0.25) is 19.6 Å². The van der Waals surface area contributed by atoms with Crippen LogP contribution >= 0.6 is 0 Å². The second-order valence-electron chi connectivity index (χ2n) is 9.75. The van der Waals surface area contributed by atoms with Gasteiger partial charge in [0.15, 0.2) is 0 Å². The summed E-state index contributed by atoms with van der Waals surface area (Å²) in [5.41, 5.74) is 0.929. The van der Waals surface area contributed by atoms with Crippen LogP contribution in [-0.2, 0) is 27.5 Å². The van der Waals surface area contributed by atoms with Crippen LogP contribution in [0.5, 0.6) is 11.6 Å². The van der Waals surface area contributed by atoms with Crippen LogP contribution < -0.4 is 21.3 Å². The highest BCUT2D eigenvalue weighted by molar-refractivity contribution is 5.74. The molecule has 42 heavy (non-hydrogen) atoms. The lowest BCUT2D eigenvalue weighted by atomic mass is 10.1. The van der Waals surface area contributed by atoms with Crippen molar-refractivity contribution in [2.45, 2.75) is 51.9 Å². The third kappa shape index (κ3) is 10.5. The average Bonchev–Trinajstić information content (AvgIpc) is 2.95. The molecule has 0 saturated heterocycles. The largest absolute Gasteiger partial charge is 0.508 e. The molecule has 1 atom stereocenters. The van der Waals surface area contributed by atoms with Crippen molar-refractivity contribution in [3.8, 4) is 22.8 Å². The number of benzene rings is 2. The Morgan fingerprint density at radius 3 is 2.55 bits per heavy atom. The predicted octanol–water partition coefficient (Wildman–Crippen LogP) is 2.27. The van der Waals surface area contributed by atoms with E-state index < -0.39 is 23.3 Å². The van der Waals surface area contributed by atoms with E-state index in [0.29, 0.717) is 49.7 Å². The van der Waals surface area contributed by atoms with Gasteiger partial charge in [-0.2, -0.15) is 0 Å². The third-order valence-corrected chi connectivity index (χ3v) is 6.40. The van der Waals surface area contributed by atoms with E-state index in [2.05, 4.69) is 15.3 Å². The summed E-state index contributed by atoms with van der Waals surface area (Å²) in [6.07, 6.45) is 3.25. The topological polar surface area (TPSA) is 183 Å². The molecule has 2 aromatic carbocycles. The lowest BCUT2D eigenvalue weighted by molar-refractivity contribution is -0.132. The number of aromatic hydroxyl groups is 1. The number of phenols is 1. The predicted molar refractivity (Wildman–Crippen MR) is 155 cm³/mol. The number of aromatic nitrogens is 2. The number of nitrogens with one attached hydrogen (secondary N) is 3. The molecule has 0 saturated carbocycles. The van der Waals surface area contributed by atoms with Crippen molar-refractivity contribution in [2.75, 3.05) is 32.9 Å². The van der Waals surface area contributed by atoms with Gasteiger partial charge >= 0.3 is 11.7 Å². The number of carbonyl (C=O) groups excluding carboxylic acids is 1. The molecule has 3 rings (SSSR count). The van der Waals surface area contributed by atoms with Gasteiger partial charge in [-0.15, -0.1) is 0 Å². The molecular formula is C30H39N3O9. The molecule has 0 amide bonds. The van der Waals surface area contributed by atoms with E-state index >= 15 is 0 Å². The zero-order valence-corrected chi connectivity index (χ0v) is 23.7. The minimum Gasteiger partial charge on any atom is -0.508 e. The first-order chi connectivity index (χ1) is 20.3. The van der Waals surface area contributed by atoms with Crippen LogP contribution in [0.3, 0.4) is 0 Å². The molecule has 0 unspecified atom stereocenters. The third-order valence-electron chi connectivity index (χ3n) is 6.40. The minimum atomic E-state index is -0.769. The molecule has 228 valence electrons. The van der Waals surface area contributed by atoms with Crippen LogP contribution in [0.1, 0.15) is 55.4 Å². The van der Waals surface area contributed by atoms with E-state index in [-0.39, 0.29) is 23.8 Å². The number of aliphatic hydroxyl groups excluding tert-OH is 2. The molecule has 3 aromatic rings. The second-order valence-corrected chi connectivity index (χ2v) is 9.75. The van der Waals surface area contributed by atoms with Gasteiger partial charge < -0.3 is 34.8 Å². The fourth-order valence-corrected chi connectivity index (χ4v) is 4.28. The number of unbranched alkanes of at least 4 members (excludes halogenated alkanes) is 3. The van der Waals surface area contributed by atoms with Crippen molar-refractivity contribution < 1.29 is 34.3 Å². The van der Waals surface area contributed by atoms with Crippen molar-refractivity contribution in [1.29, 1.82) is 0 Å². The number of rotatable bonds is 18. The van der Waals surface area contributed by atoms with Gasteiger partial charge in [0.1, 0.15) is 11.3 Å². The van der Waals surface area contributed by atoms with Crippen LogP contribution in [0.15, 0.2) is 52.1 Å². The van der Waals surface area contributed by atoms with Crippen molar-refractivity contribution in [3.63, 3.8) is 0 Å². The molecule has 0 aliphatic heterocycles. The fraction of sp³-hybridized carbons (Fsp3) is 0.433. The Bertz CT molecular complexity index is 1400. The molecule has 12 nitrogen and oxygen atoms in total. The van der Waals surface area contributed by atoms with E-state index in [4.69, 9.17) is 14.2 Å². The molecule has 0 aliphatic rings. The normalized spacial score (nSPS) is 11.9. The quantitative estimate of drug-likeness (QED) is 0.0956. The summed E-state index contributed by atoms with van der Waals surface area (Å²) in [7, 11) is 0. The van der Waals surface area contributed by atoms with Crippen LogP contribution in [0.4, 0.5) is 0 Å². The highest BCUT2D eigenvalue weighted by atomic mass is 16.5. The maximum absolute atomic E-state index is 12.4. The number of aliphatic hydroxyl groups is 2. The van der Waals surface area contributed by atoms with E-state index in [0.717, 1.165) is 37.8 Å². The first-order valence-corrected chi connectivity index (χ1v) is 13.9. The summed E-state index contributed by atoms with van der Waals surface area (Å²) in [4.78, 5) is 39.9. The Labute approximate surface area is 243 Å². The van der Waals surface area contributed by atoms with Gasteiger partial charge in [-0.05, 0) is 54.3 Å². The first-order valence-electron chi connectivity index (χ1n) is 13.9. The number of esters is 1. The van der Waals surface area contributed by atoms with Crippen molar-refractivity contribution in [1.82, 2.24) is 15.3 Å². The summed E-state index contributed by atoms with van der Waals surface area (Å²) in [6.45, 7) is 3.84. The molecule has 0 bridgehead atoms.